The monoisotopic (exact) mass is 384 g/mol. The lowest BCUT2D eigenvalue weighted by Gasteiger charge is -2.19. The summed E-state index contributed by atoms with van der Waals surface area (Å²) in [6.07, 6.45) is 6.67. The number of halogens is 1. The minimum atomic E-state index is 0.416. The average molecular weight is 385 g/mol. The van der Waals surface area contributed by atoms with Gasteiger partial charge in [-0.15, -0.1) is 0 Å². The Labute approximate surface area is 162 Å². The molecule has 2 fully saturated rings. The van der Waals surface area contributed by atoms with Gasteiger partial charge in [-0.3, -0.25) is 4.57 Å². The minimum absolute atomic E-state index is 0.416. The Morgan fingerprint density at radius 2 is 1.81 bits per heavy atom. The van der Waals surface area contributed by atoms with E-state index in [1.165, 1.54) is 25.7 Å². The average Bonchev–Trinajstić information content (AvgIpc) is 3.60. The first-order chi connectivity index (χ1) is 13.2. The van der Waals surface area contributed by atoms with E-state index >= 15 is 0 Å². The van der Waals surface area contributed by atoms with Gasteiger partial charge in [-0.05, 0) is 55.7 Å². The van der Waals surface area contributed by atoms with Crippen molar-refractivity contribution in [2.24, 2.45) is 11.8 Å². The van der Waals surface area contributed by atoms with Crippen molar-refractivity contribution < 1.29 is 9.47 Å². The van der Waals surface area contributed by atoms with E-state index in [0.717, 1.165) is 22.4 Å². The zero-order valence-electron chi connectivity index (χ0n) is 15.4. The molecule has 0 bridgehead atoms. The normalized spacial score (nSPS) is 16.9. The molecule has 0 unspecified atom stereocenters. The Balaban J connectivity index is 1.70. The van der Waals surface area contributed by atoms with Crippen molar-refractivity contribution in [1.82, 2.24) is 19.5 Å². The van der Waals surface area contributed by atoms with Gasteiger partial charge in [0.1, 0.15) is 23.3 Å². The topological polar surface area (TPSA) is 62.1 Å². The summed E-state index contributed by atoms with van der Waals surface area (Å²) in [6, 6.07) is 6.60. The molecule has 5 rings (SSSR count). The summed E-state index contributed by atoms with van der Waals surface area (Å²) in [5, 5.41) is 0.573. The number of ether oxygens (including phenoxy) is 2. The fourth-order valence-electron chi connectivity index (χ4n) is 4.00. The van der Waals surface area contributed by atoms with Gasteiger partial charge in [-0.25, -0.2) is 9.97 Å². The maximum Gasteiger partial charge on any atom is 0.298 e. The Bertz CT molecular complexity index is 999. The van der Waals surface area contributed by atoms with Gasteiger partial charge in [0.25, 0.3) is 6.01 Å². The van der Waals surface area contributed by atoms with Crippen molar-refractivity contribution >= 4 is 22.8 Å². The molecule has 3 aromatic rings. The third kappa shape index (κ3) is 2.83. The fourth-order valence-corrected chi connectivity index (χ4v) is 4.26. The van der Waals surface area contributed by atoms with E-state index in [0.29, 0.717) is 34.7 Å². The molecule has 2 aliphatic rings. The summed E-state index contributed by atoms with van der Waals surface area (Å²) in [5.74, 6) is 2.11. The molecule has 0 N–H and O–H groups in total. The van der Waals surface area contributed by atoms with Gasteiger partial charge >= 0.3 is 0 Å². The summed E-state index contributed by atoms with van der Waals surface area (Å²) >= 11 is 6.50. The number of aromatic nitrogens is 4. The second kappa shape index (κ2) is 6.37. The molecule has 0 amide bonds. The van der Waals surface area contributed by atoms with Gasteiger partial charge in [0.2, 0.25) is 0 Å². The summed E-state index contributed by atoms with van der Waals surface area (Å²) in [7, 11) is 3.29. The molecular formula is C20H21ClN4O2. The molecule has 6 nitrogen and oxygen atoms in total. The van der Waals surface area contributed by atoms with Crippen LogP contribution in [0, 0.1) is 11.8 Å². The summed E-state index contributed by atoms with van der Waals surface area (Å²) in [5.41, 5.74) is 3.09. The summed E-state index contributed by atoms with van der Waals surface area (Å²) in [4.78, 5) is 13.8. The van der Waals surface area contributed by atoms with Crippen molar-refractivity contribution in [3.05, 3.63) is 29.5 Å². The van der Waals surface area contributed by atoms with Gasteiger partial charge in [0.05, 0.1) is 19.2 Å². The molecule has 0 spiro atoms. The highest BCUT2D eigenvalue weighted by atomic mass is 35.5. The van der Waals surface area contributed by atoms with E-state index in [4.69, 9.17) is 26.1 Å². The van der Waals surface area contributed by atoms with E-state index in [9.17, 15) is 0 Å². The lowest BCUT2D eigenvalue weighted by atomic mass is 10.1. The molecule has 0 atom stereocenters. The molecule has 140 valence electrons. The molecule has 7 heteroatoms. The molecule has 2 aromatic heterocycles. The van der Waals surface area contributed by atoms with Crippen LogP contribution < -0.4 is 9.47 Å². The van der Waals surface area contributed by atoms with Crippen LogP contribution in [0.15, 0.2) is 24.5 Å². The number of methoxy groups -OCH3 is 2. The number of fused-ring (bicyclic) bond motifs is 1. The molecule has 2 saturated carbocycles. The Morgan fingerprint density at radius 1 is 1.07 bits per heavy atom. The lowest BCUT2D eigenvalue weighted by Crippen LogP contribution is -2.15. The van der Waals surface area contributed by atoms with Crippen molar-refractivity contribution in [2.45, 2.75) is 31.7 Å². The predicted molar refractivity (Wildman–Crippen MR) is 103 cm³/mol. The Hall–Kier alpha value is -2.34. The molecule has 2 aliphatic carbocycles. The first-order valence-electron chi connectivity index (χ1n) is 9.32. The van der Waals surface area contributed by atoms with Crippen LogP contribution in [0.25, 0.3) is 22.4 Å². The Morgan fingerprint density at radius 3 is 2.41 bits per heavy atom. The van der Waals surface area contributed by atoms with E-state index in [1.807, 2.05) is 12.1 Å². The maximum absolute atomic E-state index is 6.50. The fraction of sp³-hybridized carbons (Fsp3) is 0.450. The van der Waals surface area contributed by atoms with Crippen LogP contribution in [0.4, 0.5) is 0 Å². The third-order valence-corrected chi connectivity index (χ3v) is 5.88. The zero-order chi connectivity index (χ0) is 18.5. The van der Waals surface area contributed by atoms with Crippen LogP contribution in [0.5, 0.6) is 11.8 Å². The highest BCUT2D eigenvalue weighted by Gasteiger charge is 2.44. The van der Waals surface area contributed by atoms with Gasteiger partial charge in [0, 0.05) is 11.6 Å². The van der Waals surface area contributed by atoms with Crippen LogP contribution in [-0.4, -0.2) is 33.7 Å². The van der Waals surface area contributed by atoms with E-state index in [2.05, 4.69) is 14.5 Å². The van der Waals surface area contributed by atoms with Crippen molar-refractivity contribution in [3.63, 3.8) is 0 Å². The highest BCUT2D eigenvalue weighted by Crippen LogP contribution is 2.54. The summed E-state index contributed by atoms with van der Waals surface area (Å²) < 4.78 is 13.1. The summed E-state index contributed by atoms with van der Waals surface area (Å²) in [6.45, 7) is 0. The zero-order valence-corrected chi connectivity index (χ0v) is 16.1. The van der Waals surface area contributed by atoms with Crippen LogP contribution in [0.1, 0.15) is 31.7 Å². The molecule has 0 radical (unpaired) electrons. The van der Waals surface area contributed by atoms with E-state index in [-0.39, 0.29) is 0 Å². The number of hydrogen-bond acceptors (Lipinski definition) is 5. The number of rotatable bonds is 6. The molecule has 0 saturated heterocycles. The van der Waals surface area contributed by atoms with Crippen LogP contribution >= 0.6 is 11.6 Å². The minimum Gasteiger partial charge on any atom is -0.497 e. The van der Waals surface area contributed by atoms with Crippen molar-refractivity contribution in [3.8, 4) is 23.0 Å². The van der Waals surface area contributed by atoms with Crippen molar-refractivity contribution in [1.29, 1.82) is 0 Å². The molecule has 2 heterocycles. The first kappa shape index (κ1) is 16.8. The second-order valence-electron chi connectivity index (χ2n) is 7.37. The van der Waals surface area contributed by atoms with Crippen LogP contribution in [-0.2, 0) is 0 Å². The quantitative estimate of drug-likeness (QED) is 0.625. The maximum atomic E-state index is 6.50. The van der Waals surface area contributed by atoms with Gasteiger partial charge < -0.3 is 9.47 Å². The third-order valence-electron chi connectivity index (χ3n) is 5.57. The smallest absolute Gasteiger partial charge is 0.298 e. The number of imidazole rings is 1. The lowest BCUT2D eigenvalue weighted by molar-refractivity contribution is 0.310. The SMILES string of the molecule is COc1ccc(-c2ncnc3c2nc(OC)n3C(C2CC2)C2CC2)c(Cl)c1. The molecule has 27 heavy (non-hydrogen) atoms. The second-order valence-corrected chi connectivity index (χ2v) is 7.78. The van der Waals surface area contributed by atoms with Gasteiger partial charge in [-0.1, -0.05) is 11.6 Å². The van der Waals surface area contributed by atoms with Gasteiger partial charge in [-0.2, -0.15) is 4.98 Å². The highest BCUT2D eigenvalue weighted by molar-refractivity contribution is 6.33. The number of hydrogen-bond donors (Lipinski definition) is 0. The predicted octanol–water partition coefficient (Wildman–Crippen LogP) is 4.53. The number of nitrogens with zero attached hydrogens (tertiary/aromatic N) is 4. The first-order valence-corrected chi connectivity index (χ1v) is 9.70. The van der Waals surface area contributed by atoms with Crippen LogP contribution in [0.3, 0.4) is 0 Å². The van der Waals surface area contributed by atoms with Crippen molar-refractivity contribution in [2.75, 3.05) is 14.2 Å². The largest absolute Gasteiger partial charge is 0.497 e. The van der Waals surface area contributed by atoms with E-state index in [1.54, 1.807) is 26.6 Å². The molecular weight excluding hydrogens is 364 g/mol. The van der Waals surface area contributed by atoms with Crippen LogP contribution in [0.2, 0.25) is 5.02 Å². The molecule has 1 aromatic carbocycles. The van der Waals surface area contributed by atoms with Gasteiger partial charge in [0.15, 0.2) is 5.65 Å². The number of benzene rings is 1. The standard InChI is InChI=1S/C20H21ClN4O2/c1-26-13-7-8-14(15(21)9-13)16-17-19(23-10-22-16)25(20(24-17)27-2)18(11-3-4-11)12-5-6-12/h7-12,18H,3-6H2,1-2H3. The Kier molecular flexibility index (Phi) is 3.97. The van der Waals surface area contributed by atoms with E-state index < -0.39 is 0 Å². The molecule has 0 aliphatic heterocycles.